The average molecular weight is 571 g/mol. The lowest BCUT2D eigenvalue weighted by Gasteiger charge is -2.43. The number of fused-ring (bicyclic) bond motifs is 1. The number of anilines is 1. The molecule has 10 heteroatoms. The van der Waals surface area contributed by atoms with E-state index in [9.17, 15) is 18.3 Å². The van der Waals surface area contributed by atoms with E-state index in [0.717, 1.165) is 11.1 Å². The predicted molar refractivity (Wildman–Crippen MR) is 149 cm³/mol. The van der Waals surface area contributed by atoms with Gasteiger partial charge in [-0.25, -0.2) is 8.42 Å². The number of nitrogens with one attached hydrogen (secondary N) is 1. The number of aliphatic hydroxyl groups excluding tert-OH is 1. The zero-order chi connectivity index (χ0) is 27.4. The van der Waals surface area contributed by atoms with Gasteiger partial charge in [-0.15, -0.1) is 0 Å². The molecule has 2 fully saturated rings. The van der Waals surface area contributed by atoms with Gasteiger partial charge in [0.25, 0.3) is 0 Å². The highest BCUT2D eigenvalue weighted by Crippen LogP contribution is 2.32. The van der Waals surface area contributed by atoms with E-state index < -0.39 is 34.4 Å². The Morgan fingerprint density at radius 2 is 1.72 bits per heavy atom. The summed E-state index contributed by atoms with van der Waals surface area (Å²) in [7, 11) is -3.96. The molecule has 2 aliphatic rings. The Morgan fingerprint density at radius 1 is 0.974 bits per heavy atom. The van der Waals surface area contributed by atoms with E-state index in [1.165, 1.54) is 16.4 Å². The van der Waals surface area contributed by atoms with Crippen LogP contribution in [0.25, 0.3) is 11.1 Å². The lowest BCUT2D eigenvalue weighted by Crippen LogP contribution is -2.57. The first kappa shape index (κ1) is 27.8. The number of β-amino-alcohol motifs (C(OH)–C–C–N with tert-alkyl or cyclic N) is 1. The van der Waals surface area contributed by atoms with Gasteiger partial charge in [0.1, 0.15) is 0 Å². The fourth-order valence-corrected chi connectivity index (χ4v) is 7.15. The van der Waals surface area contributed by atoms with Crippen LogP contribution in [0.1, 0.15) is 19.3 Å². The number of ether oxygens (including phenoxy) is 2. The summed E-state index contributed by atoms with van der Waals surface area (Å²) in [5, 5.41) is 13.6. The summed E-state index contributed by atoms with van der Waals surface area (Å²) in [5.74, 6) is -0.184. The van der Waals surface area contributed by atoms with E-state index in [2.05, 4.69) is 5.32 Å². The summed E-state index contributed by atoms with van der Waals surface area (Å²) in [5.41, 5.74) is 2.85. The predicted octanol–water partition coefficient (Wildman–Crippen LogP) is 4.33. The molecule has 1 amide bonds. The third-order valence-electron chi connectivity index (χ3n) is 7.03. The minimum Gasteiger partial charge on any atom is -0.389 e. The van der Waals surface area contributed by atoms with E-state index in [4.69, 9.17) is 21.1 Å². The van der Waals surface area contributed by atoms with Crippen molar-refractivity contribution >= 4 is 33.2 Å². The molecule has 2 saturated heterocycles. The molecule has 8 nitrogen and oxygen atoms in total. The minimum atomic E-state index is -3.96. The summed E-state index contributed by atoms with van der Waals surface area (Å²) in [4.78, 5) is 12.9. The van der Waals surface area contributed by atoms with E-state index >= 15 is 0 Å². The van der Waals surface area contributed by atoms with Gasteiger partial charge in [0.2, 0.25) is 15.9 Å². The Balaban J connectivity index is 1.24. The first-order chi connectivity index (χ1) is 18.8. The Kier molecular flexibility index (Phi) is 8.66. The van der Waals surface area contributed by atoms with E-state index in [1.807, 2.05) is 54.6 Å². The smallest absolute Gasteiger partial charge is 0.243 e. The number of sulfonamides is 1. The SMILES string of the molecule is O=C(C[C@@H]1CC[C@H]2[C@@H](COC[C@@H](O)CN2S(=O)(=O)c2cccc(Cl)c2)O1)Nc1ccc(-c2ccccc2)cc1. The third kappa shape index (κ3) is 6.69. The van der Waals surface area contributed by atoms with Gasteiger partial charge in [-0.05, 0) is 54.3 Å². The van der Waals surface area contributed by atoms with Crippen LogP contribution in [0.15, 0.2) is 83.8 Å². The number of benzene rings is 3. The summed E-state index contributed by atoms with van der Waals surface area (Å²) in [6.07, 6.45) is -0.866. The second kappa shape index (κ2) is 12.2. The number of carbonyl (C=O) groups is 1. The number of aliphatic hydroxyl groups is 1. The lowest BCUT2D eigenvalue weighted by molar-refractivity contribution is -0.144. The molecule has 0 bridgehead atoms. The molecular weight excluding hydrogens is 540 g/mol. The summed E-state index contributed by atoms with van der Waals surface area (Å²) >= 11 is 6.06. The quantitative estimate of drug-likeness (QED) is 0.457. The van der Waals surface area contributed by atoms with Crippen molar-refractivity contribution in [3.8, 4) is 11.1 Å². The Morgan fingerprint density at radius 3 is 2.46 bits per heavy atom. The third-order valence-corrected chi connectivity index (χ3v) is 9.15. The van der Waals surface area contributed by atoms with Crippen LogP contribution < -0.4 is 5.32 Å². The van der Waals surface area contributed by atoms with Crippen LogP contribution in [0.3, 0.4) is 0 Å². The summed E-state index contributed by atoms with van der Waals surface area (Å²) in [6.45, 7) is -0.0237. The second-order valence-corrected chi connectivity index (χ2v) is 12.2. The standard InChI is InChI=1S/C29H31ClN2O6S/c30-22-7-4-8-26(15-22)39(35,36)32-17-24(33)18-37-19-28-27(32)14-13-25(38-28)16-29(34)31-23-11-9-21(10-12-23)20-5-2-1-3-6-20/h1-12,15,24-25,27-28,33H,13-14,16-19H2,(H,31,34)/t24-,25-,27-,28+/m0/s1. The molecule has 2 heterocycles. The van der Waals surface area contributed by atoms with E-state index in [-0.39, 0.29) is 37.0 Å². The van der Waals surface area contributed by atoms with Crippen molar-refractivity contribution in [2.45, 2.75) is 48.5 Å². The molecule has 2 aliphatic heterocycles. The van der Waals surface area contributed by atoms with E-state index in [1.54, 1.807) is 12.1 Å². The molecule has 0 aliphatic carbocycles. The molecule has 0 unspecified atom stereocenters. The van der Waals surface area contributed by atoms with Crippen LogP contribution in [0.5, 0.6) is 0 Å². The zero-order valence-electron chi connectivity index (χ0n) is 21.3. The number of nitrogens with zero attached hydrogens (tertiary/aromatic N) is 1. The van der Waals surface area contributed by atoms with Crippen LogP contribution >= 0.6 is 11.6 Å². The van der Waals surface area contributed by atoms with Gasteiger partial charge in [0, 0.05) is 17.3 Å². The van der Waals surface area contributed by atoms with Gasteiger partial charge in [-0.1, -0.05) is 60.1 Å². The van der Waals surface area contributed by atoms with Crippen LogP contribution in [0, 0.1) is 0 Å². The first-order valence-corrected chi connectivity index (χ1v) is 14.8. The normalized spacial score (nSPS) is 24.3. The monoisotopic (exact) mass is 570 g/mol. The number of hydrogen-bond donors (Lipinski definition) is 2. The van der Waals surface area contributed by atoms with Gasteiger partial charge in [0.15, 0.2) is 0 Å². The minimum absolute atomic E-state index is 0.0156. The summed E-state index contributed by atoms with van der Waals surface area (Å²) < 4.78 is 40.3. The largest absolute Gasteiger partial charge is 0.389 e. The zero-order valence-corrected chi connectivity index (χ0v) is 22.9. The number of hydrogen-bond acceptors (Lipinski definition) is 6. The molecule has 0 aromatic heterocycles. The fourth-order valence-electron chi connectivity index (χ4n) is 5.13. The number of rotatable bonds is 6. The maximum atomic E-state index is 13.6. The highest BCUT2D eigenvalue weighted by Gasteiger charge is 2.43. The van der Waals surface area contributed by atoms with Crippen molar-refractivity contribution in [1.29, 1.82) is 0 Å². The molecule has 4 atom stereocenters. The topological polar surface area (TPSA) is 105 Å². The van der Waals surface area contributed by atoms with Gasteiger partial charge in [-0.3, -0.25) is 4.79 Å². The molecule has 0 radical (unpaired) electrons. The van der Waals surface area contributed by atoms with Crippen LogP contribution in [0.2, 0.25) is 5.02 Å². The molecule has 39 heavy (non-hydrogen) atoms. The number of carbonyl (C=O) groups excluding carboxylic acids is 1. The molecule has 0 saturated carbocycles. The highest BCUT2D eigenvalue weighted by molar-refractivity contribution is 7.89. The van der Waals surface area contributed by atoms with Gasteiger partial charge in [0.05, 0.1) is 48.9 Å². The molecule has 0 spiro atoms. The van der Waals surface area contributed by atoms with Gasteiger partial charge < -0.3 is 19.9 Å². The van der Waals surface area contributed by atoms with Crippen LogP contribution in [0.4, 0.5) is 5.69 Å². The van der Waals surface area contributed by atoms with Crippen molar-refractivity contribution in [3.63, 3.8) is 0 Å². The van der Waals surface area contributed by atoms with E-state index in [0.29, 0.717) is 23.6 Å². The van der Waals surface area contributed by atoms with Crippen molar-refractivity contribution in [3.05, 3.63) is 83.9 Å². The first-order valence-electron chi connectivity index (χ1n) is 12.9. The van der Waals surface area contributed by atoms with Gasteiger partial charge >= 0.3 is 0 Å². The Hall–Kier alpha value is -2.79. The average Bonchev–Trinajstić information content (AvgIpc) is 2.92. The highest BCUT2D eigenvalue weighted by atomic mass is 35.5. The Bertz CT molecular complexity index is 1390. The van der Waals surface area contributed by atoms with Crippen molar-refractivity contribution in [2.24, 2.45) is 0 Å². The number of halogens is 1. The maximum Gasteiger partial charge on any atom is 0.243 e. The Labute approximate surface area is 233 Å². The molecule has 3 aromatic carbocycles. The van der Waals surface area contributed by atoms with Crippen molar-refractivity contribution in [2.75, 3.05) is 25.1 Å². The summed E-state index contributed by atoms with van der Waals surface area (Å²) in [6, 6.07) is 23.2. The molecular formula is C29H31ClN2O6S. The van der Waals surface area contributed by atoms with Crippen molar-refractivity contribution < 1.29 is 27.8 Å². The van der Waals surface area contributed by atoms with Crippen molar-refractivity contribution in [1.82, 2.24) is 4.31 Å². The molecule has 206 valence electrons. The fraction of sp³-hybridized carbons (Fsp3) is 0.345. The molecule has 3 aromatic rings. The van der Waals surface area contributed by atoms with Gasteiger partial charge in [-0.2, -0.15) is 4.31 Å². The van der Waals surface area contributed by atoms with Crippen LogP contribution in [-0.2, 0) is 24.3 Å². The van der Waals surface area contributed by atoms with Crippen LogP contribution in [-0.4, -0.2) is 67.8 Å². The molecule has 2 N–H and O–H groups in total. The second-order valence-electron chi connectivity index (χ2n) is 9.86. The molecule has 5 rings (SSSR count). The number of amides is 1. The lowest BCUT2D eigenvalue weighted by atomic mass is 9.96. The maximum absolute atomic E-state index is 13.6.